The third-order valence-electron chi connectivity index (χ3n) is 4.29. The van der Waals surface area contributed by atoms with Crippen LogP contribution in [-0.4, -0.2) is 66.3 Å². The summed E-state index contributed by atoms with van der Waals surface area (Å²) in [6, 6.07) is 2.41. The van der Waals surface area contributed by atoms with Gasteiger partial charge in [-0.25, -0.2) is 4.76 Å². The summed E-state index contributed by atoms with van der Waals surface area (Å²) in [5, 5.41) is 9.65. The van der Waals surface area contributed by atoms with Gasteiger partial charge in [0.15, 0.2) is 11.4 Å². The largest absolute Gasteiger partial charge is 0.353 e. The van der Waals surface area contributed by atoms with E-state index in [-0.39, 0.29) is 0 Å². The van der Waals surface area contributed by atoms with Crippen LogP contribution in [0.15, 0.2) is 16.0 Å². The van der Waals surface area contributed by atoms with Crippen LogP contribution in [0.3, 0.4) is 0 Å². The van der Waals surface area contributed by atoms with Gasteiger partial charge >= 0.3 is 0 Å². The summed E-state index contributed by atoms with van der Waals surface area (Å²) in [4.78, 5) is 4.57. The molecule has 3 aliphatic heterocycles. The number of hydrogen-bond acceptors (Lipinski definition) is 5. The Morgan fingerprint density at radius 2 is 2.00 bits per heavy atom. The molecule has 21 heavy (non-hydrogen) atoms. The molecule has 0 N–H and O–H groups in total. The molecule has 8 heteroatoms. The van der Waals surface area contributed by atoms with Crippen LogP contribution >= 0.6 is 16.9 Å². The van der Waals surface area contributed by atoms with Crippen molar-refractivity contribution >= 4 is 34.6 Å². The Labute approximate surface area is 135 Å². The standard InChI is InChI=1S/C13H20N5PS2/c1-16-6-8-17(9-7-16)13-11(10-14)12-4-3-5-18(12)19(20,15-13)21-2/h3-9H2,1-2H3/t19-/m1/s1. The molecule has 0 aromatic carbocycles. The van der Waals surface area contributed by atoms with Gasteiger partial charge in [-0.05, 0) is 38.0 Å². The van der Waals surface area contributed by atoms with E-state index in [1.807, 2.05) is 0 Å². The Morgan fingerprint density at radius 1 is 1.29 bits per heavy atom. The van der Waals surface area contributed by atoms with Crippen LogP contribution in [-0.2, 0) is 11.8 Å². The smallest absolute Gasteiger partial charge is 0.199 e. The maximum absolute atomic E-state index is 9.65. The highest BCUT2D eigenvalue weighted by Gasteiger charge is 2.39. The van der Waals surface area contributed by atoms with Crippen molar-refractivity contribution in [3.05, 3.63) is 11.3 Å². The maximum atomic E-state index is 9.65. The summed E-state index contributed by atoms with van der Waals surface area (Å²) in [7, 11) is 2.13. The van der Waals surface area contributed by atoms with Crippen LogP contribution in [0.4, 0.5) is 0 Å². The molecule has 2 saturated heterocycles. The number of piperazine rings is 1. The average Bonchev–Trinajstić information content (AvgIpc) is 2.98. The first kappa shape index (κ1) is 15.4. The Morgan fingerprint density at radius 3 is 2.62 bits per heavy atom. The zero-order valence-electron chi connectivity index (χ0n) is 12.4. The number of amidine groups is 1. The van der Waals surface area contributed by atoms with E-state index in [0.29, 0.717) is 0 Å². The minimum atomic E-state index is -1.98. The molecule has 3 rings (SSSR count). The second kappa shape index (κ2) is 5.92. The number of likely N-dealkylation sites (N-methyl/N-ethyl adjacent to an activating group) is 1. The summed E-state index contributed by atoms with van der Waals surface area (Å²) >= 11 is 7.58. The molecule has 0 amide bonds. The van der Waals surface area contributed by atoms with Gasteiger partial charge in [0.1, 0.15) is 11.6 Å². The molecule has 2 fully saturated rings. The SMILES string of the molecule is CS[P@]1(=S)N=C(N2CCN(C)CC2)C(C#N)=C2CCCN21. The van der Waals surface area contributed by atoms with Crippen LogP contribution < -0.4 is 0 Å². The lowest BCUT2D eigenvalue weighted by Crippen LogP contribution is -2.48. The fraction of sp³-hybridized carbons (Fsp3) is 0.692. The molecule has 0 bridgehead atoms. The zero-order chi connectivity index (χ0) is 15.0. The van der Waals surface area contributed by atoms with E-state index in [1.54, 1.807) is 11.4 Å². The van der Waals surface area contributed by atoms with Gasteiger partial charge < -0.3 is 14.5 Å². The van der Waals surface area contributed by atoms with Crippen molar-refractivity contribution in [3.8, 4) is 6.07 Å². The lowest BCUT2D eigenvalue weighted by Gasteiger charge is -2.40. The molecule has 1 atom stereocenters. The summed E-state index contributed by atoms with van der Waals surface area (Å²) in [5.41, 5.74) is -0.0577. The van der Waals surface area contributed by atoms with Crippen LogP contribution in [0.25, 0.3) is 0 Å². The van der Waals surface area contributed by atoms with Crippen LogP contribution in [0.2, 0.25) is 0 Å². The predicted octanol–water partition coefficient (Wildman–Crippen LogP) is 2.11. The fourth-order valence-electron chi connectivity index (χ4n) is 3.04. The monoisotopic (exact) mass is 341 g/mol. The van der Waals surface area contributed by atoms with E-state index >= 15 is 0 Å². The highest BCUT2D eigenvalue weighted by Crippen LogP contribution is 2.67. The van der Waals surface area contributed by atoms with Gasteiger partial charge in [-0.15, -0.1) is 0 Å². The van der Waals surface area contributed by atoms with E-state index in [9.17, 15) is 5.26 Å². The van der Waals surface area contributed by atoms with E-state index < -0.39 is 5.54 Å². The lowest BCUT2D eigenvalue weighted by atomic mass is 10.1. The van der Waals surface area contributed by atoms with E-state index in [1.165, 1.54) is 0 Å². The first-order valence-electron chi connectivity index (χ1n) is 7.20. The predicted molar refractivity (Wildman–Crippen MR) is 92.9 cm³/mol. The minimum absolute atomic E-state index is 0.770. The Balaban J connectivity index is 2.01. The molecule has 0 unspecified atom stereocenters. The van der Waals surface area contributed by atoms with Gasteiger partial charge in [0, 0.05) is 38.4 Å². The molecule has 114 valence electrons. The highest BCUT2D eigenvalue weighted by atomic mass is 32.9. The lowest BCUT2D eigenvalue weighted by molar-refractivity contribution is 0.215. The Hall–Kier alpha value is -0.540. The number of allylic oxidation sites excluding steroid dienone is 1. The number of hydrogen-bond donors (Lipinski definition) is 0. The molecular formula is C13H20N5PS2. The third-order valence-corrected chi connectivity index (χ3v) is 10.7. The molecule has 0 radical (unpaired) electrons. The second-order valence-corrected chi connectivity index (χ2v) is 12.4. The van der Waals surface area contributed by atoms with Crippen LogP contribution in [0, 0.1) is 11.3 Å². The van der Waals surface area contributed by atoms with Gasteiger partial charge in [-0.3, -0.25) is 0 Å². The fourth-order valence-corrected chi connectivity index (χ4v) is 7.17. The van der Waals surface area contributed by atoms with Gasteiger partial charge in [-0.2, -0.15) is 5.26 Å². The molecule has 3 aliphatic rings. The summed E-state index contributed by atoms with van der Waals surface area (Å²) < 4.78 is 7.19. The molecule has 0 saturated carbocycles. The number of nitriles is 1. The summed E-state index contributed by atoms with van der Waals surface area (Å²) in [5.74, 6) is 0.872. The quantitative estimate of drug-likeness (QED) is 0.681. The van der Waals surface area contributed by atoms with Crippen LogP contribution in [0.5, 0.6) is 0 Å². The molecule has 0 aromatic heterocycles. The topological polar surface area (TPSA) is 45.9 Å². The summed E-state index contributed by atoms with van der Waals surface area (Å²) in [6.45, 7) is 4.84. The minimum Gasteiger partial charge on any atom is -0.353 e. The van der Waals surface area contributed by atoms with E-state index in [4.69, 9.17) is 16.6 Å². The van der Waals surface area contributed by atoms with Crippen molar-refractivity contribution in [2.24, 2.45) is 4.76 Å². The molecule has 0 aliphatic carbocycles. The van der Waals surface area contributed by atoms with Crippen molar-refractivity contribution in [2.45, 2.75) is 12.8 Å². The Bertz CT molecular complexity index is 586. The third kappa shape index (κ3) is 2.63. The molecule has 0 spiro atoms. The number of rotatable bonds is 1. The van der Waals surface area contributed by atoms with Gasteiger partial charge in [0.2, 0.25) is 0 Å². The molecule has 0 aromatic rings. The van der Waals surface area contributed by atoms with E-state index in [0.717, 1.165) is 62.7 Å². The first-order valence-corrected chi connectivity index (χ1v) is 11.7. The Kier molecular flexibility index (Phi) is 4.33. The molecule has 3 heterocycles. The number of nitrogens with zero attached hydrogens (tertiary/aromatic N) is 5. The normalized spacial score (nSPS) is 30.2. The van der Waals surface area contributed by atoms with Crippen molar-refractivity contribution < 1.29 is 0 Å². The van der Waals surface area contributed by atoms with Crippen molar-refractivity contribution in [3.63, 3.8) is 0 Å². The van der Waals surface area contributed by atoms with Gasteiger partial charge in [0.25, 0.3) is 0 Å². The first-order chi connectivity index (χ1) is 10.1. The van der Waals surface area contributed by atoms with Crippen molar-refractivity contribution in [2.75, 3.05) is 46.0 Å². The average molecular weight is 341 g/mol. The second-order valence-electron chi connectivity index (χ2n) is 5.55. The molecule has 5 nitrogen and oxygen atoms in total. The number of fused-ring (bicyclic) bond motifs is 1. The van der Waals surface area contributed by atoms with Crippen molar-refractivity contribution in [1.82, 2.24) is 14.5 Å². The molecular weight excluding hydrogens is 321 g/mol. The summed E-state index contributed by atoms with van der Waals surface area (Å²) in [6.07, 6.45) is 4.11. The van der Waals surface area contributed by atoms with Crippen LogP contribution in [0.1, 0.15) is 12.8 Å². The van der Waals surface area contributed by atoms with Gasteiger partial charge in [0.05, 0.1) is 0 Å². The maximum Gasteiger partial charge on any atom is 0.199 e. The van der Waals surface area contributed by atoms with Crippen molar-refractivity contribution in [1.29, 1.82) is 5.26 Å². The van der Waals surface area contributed by atoms with Gasteiger partial charge in [-0.1, -0.05) is 11.4 Å². The van der Waals surface area contributed by atoms with E-state index in [2.05, 4.69) is 33.8 Å². The zero-order valence-corrected chi connectivity index (χ0v) is 15.0. The highest BCUT2D eigenvalue weighted by molar-refractivity contribution is 8.69.